The summed E-state index contributed by atoms with van der Waals surface area (Å²) in [7, 11) is 0. The Morgan fingerprint density at radius 2 is 1.46 bits per heavy atom. The van der Waals surface area contributed by atoms with Crippen molar-refractivity contribution in [3.05, 3.63) is 95.1 Å². The van der Waals surface area contributed by atoms with Crippen molar-refractivity contribution in [2.24, 2.45) is 0 Å². The molecule has 3 aromatic rings. The number of rotatable bonds is 9. The van der Waals surface area contributed by atoms with Crippen LogP contribution in [0.5, 0.6) is 0 Å². The van der Waals surface area contributed by atoms with Crippen molar-refractivity contribution < 1.29 is 24.2 Å². The minimum Gasteiger partial charge on any atom is -0.481 e. The number of hydrogen-bond donors (Lipinski definition) is 3. The molecule has 0 bridgehead atoms. The third-order valence-electron chi connectivity index (χ3n) is 6.12. The van der Waals surface area contributed by atoms with Crippen LogP contribution in [-0.2, 0) is 27.3 Å². The van der Waals surface area contributed by atoms with Gasteiger partial charge in [0.05, 0.1) is 12.8 Å². The molecule has 1 aliphatic rings. The molecule has 3 N–H and O–H groups in total. The number of carboxylic acid groups (broad SMARTS) is 1. The second kappa shape index (κ2) is 10.9. The quantitative estimate of drug-likeness (QED) is 0.432. The fourth-order valence-corrected chi connectivity index (χ4v) is 4.53. The molecule has 2 amide bonds. The number of amides is 2. The Kier molecular flexibility index (Phi) is 7.45. The second-order valence-corrected chi connectivity index (χ2v) is 8.69. The van der Waals surface area contributed by atoms with Gasteiger partial charge in [-0.15, -0.1) is 0 Å². The van der Waals surface area contributed by atoms with Crippen LogP contribution >= 0.6 is 0 Å². The number of benzene rings is 3. The molecular formula is C28H28N2O5. The first-order valence-electron chi connectivity index (χ1n) is 11.6. The summed E-state index contributed by atoms with van der Waals surface area (Å²) >= 11 is 0. The van der Waals surface area contributed by atoms with Crippen LogP contribution in [-0.4, -0.2) is 35.7 Å². The predicted molar refractivity (Wildman–Crippen MR) is 132 cm³/mol. The molecule has 3 aromatic carbocycles. The third kappa shape index (κ3) is 5.87. The van der Waals surface area contributed by atoms with Gasteiger partial charge >= 0.3 is 12.1 Å². The van der Waals surface area contributed by atoms with Gasteiger partial charge in [0.2, 0.25) is 5.91 Å². The number of nitrogens with one attached hydrogen (secondary N) is 2. The Labute approximate surface area is 204 Å². The van der Waals surface area contributed by atoms with Gasteiger partial charge in [-0.2, -0.15) is 0 Å². The van der Waals surface area contributed by atoms with E-state index in [0.717, 1.165) is 22.3 Å². The fraction of sp³-hybridized carbons (Fsp3) is 0.250. The largest absolute Gasteiger partial charge is 0.481 e. The van der Waals surface area contributed by atoms with E-state index in [2.05, 4.69) is 34.9 Å². The summed E-state index contributed by atoms with van der Waals surface area (Å²) in [5.41, 5.74) is 6.18. The first kappa shape index (κ1) is 24.0. The van der Waals surface area contributed by atoms with E-state index in [9.17, 15) is 14.4 Å². The van der Waals surface area contributed by atoms with Crippen molar-refractivity contribution in [2.45, 2.75) is 38.3 Å². The Morgan fingerprint density at radius 1 is 0.886 bits per heavy atom. The average molecular weight is 473 g/mol. The maximum atomic E-state index is 12.5. The van der Waals surface area contributed by atoms with Crippen LogP contribution in [0.4, 0.5) is 4.79 Å². The van der Waals surface area contributed by atoms with Crippen LogP contribution in [0, 0.1) is 0 Å². The lowest BCUT2D eigenvalue weighted by Gasteiger charge is -2.16. The summed E-state index contributed by atoms with van der Waals surface area (Å²) < 4.78 is 5.59. The minimum absolute atomic E-state index is 0.0167. The number of carboxylic acids is 1. The highest BCUT2D eigenvalue weighted by molar-refractivity contribution is 5.80. The molecule has 1 atom stereocenters. The van der Waals surface area contributed by atoms with Crippen LogP contribution < -0.4 is 10.6 Å². The Morgan fingerprint density at radius 3 is 2.09 bits per heavy atom. The van der Waals surface area contributed by atoms with E-state index in [0.29, 0.717) is 0 Å². The molecule has 0 aliphatic heterocycles. The fourth-order valence-electron chi connectivity index (χ4n) is 4.53. The molecule has 0 saturated heterocycles. The van der Waals surface area contributed by atoms with Crippen LogP contribution in [0.2, 0.25) is 0 Å². The van der Waals surface area contributed by atoms with E-state index < -0.39 is 18.1 Å². The van der Waals surface area contributed by atoms with Crippen molar-refractivity contribution in [1.82, 2.24) is 10.6 Å². The van der Waals surface area contributed by atoms with Gasteiger partial charge in [-0.05, 0) is 40.3 Å². The van der Waals surface area contributed by atoms with E-state index >= 15 is 0 Å². The average Bonchev–Trinajstić information content (AvgIpc) is 3.15. The highest BCUT2D eigenvalue weighted by Crippen LogP contribution is 2.44. The molecule has 0 saturated carbocycles. The molecule has 180 valence electrons. The predicted octanol–water partition coefficient (Wildman–Crippen LogP) is 4.25. The highest BCUT2D eigenvalue weighted by atomic mass is 16.5. The summed E-state index contributed by atoms with van der Waals surface area (Å²) in [5, 5.41) is 14.3. The zero-order valence-electron chi connectivity index (χ0n) is 19.5. The minimum atomic E-state index is -0.967. The number of carbonyl (C=O) groups excluding carboxylic acids is 2. The summed E-state index contributed by atoms with van der Waals surface area (Å²) in [5.74, 6) is -1.25. The van der Waals surface area contributed by atoms with Gasteiger partial charge in [0.1, 0.15) is 6.61 Å². The highest BCUT2D eigenvalue weighted by Gasteiger charge is 2.29. The summed E-state index contributed by atoms with van der Waals surface area (Å²) in [6.45, 7) is 2.09. The SMILES string of the molecule is CC(CC(=O)O)NC(=O)Cc1ccccc1CNC(=O)OCC1c2ccccc2-c2ccccc21. The maximum Gasteiger partial charge on any atom is 0.407 e. The first-order valence-corrected chi connectivity index (χ1v) is 11.6. The van der Waals surface area contributed by atoms with Crippen molar-refractivity contribution in [2.75, 3.05) is 6.61 Å². The molecule has 0 radical (unpaired) electrons. The lowest BCUT2D eigenvalue weighted by Crippen LogP contribution is -2.35. The van der Waals surface area contributed by atoms with E-state index in [-0.39, 0.29) is 37.8 Å². The molecule has 7 nitrogen and oxygen atoms in total. The summed E-state index contributed by atoms with van der Waals surface area (Å²) in [4.78, 5) is 35.6. The smallest absolute Gasteiger partial charge is 0.407 e. The Hall–Kier alpha value is -4.13. The van der Waals surface area contributed by atoms with Gasteiger partial charge in [0.15, 0.2) is 0 Å². The monoisotopic (exact) mass is 472 g/mol. The number of fused-ring (bicyclic) bond motifs is 3. The number of alkyl carbamates (subject to hydrolysis) is 1. The third-order valence-corrected chi connectivity index (χ3v) is 6.12. The van der Waals surface area contributed by atoms with Crippen LogP contribution in [0.15, 0.2) is 72.8 Å². The van der Waals surface area contributed by atoms with Crippen LogP contribution in [0.3, 0.4) is 0 Å². The summed E-state index contributed by atoms with van der Waals surface area (Å²) in [6, 6.07) is 23.2. The molecular weight excluding hydrogens is 444 g/mol. The topological polar surface area (TPSA) is 105 Å². The molecule has 0 spiro atoms. The van der Waals surface area contributed by atoms with E-state index in [1.165, 1.54) is 11.1 Å². The number of ether oxygens (including phenoxy) is 1. The molecule has 1 unspecified atom stereocenters. The molecule has 35 heavy (non-hydrogen) atoms. The second-order valence-electron chi connectivity index (χ2n) is 8.69. The Bertz CT molecular complexity index is 1190. The van der Waals surface area contributed by atoms with Gasteiger partial charge in [-0.1, -0.05) is 72.8 Å². The van der Waals surface area contributed by atoms with Crippen LogP contribution in [0.1, 0.15) is 41.5 Å². The van der Waals surface area contributed by atoms with Gasteiger partial charge in [0, 0.05) is 18.5 Å². The van der Waals surface area contributed by atoms with E-state index in [4.69, 9.17) is 9.84 Å². The molecule has 0 heterocycles. The molecule has 0 fully saturated rings. The van der Waals surface area contributed by atoms with Crippen molar-refractivity contribution in [3.63, 3.8) is 0 Å². The van der Waals surface area contributed by atoms with Gasteiger partial charge in [0.25, 0.3) is 0 Å². The van der Waals surface area contributed by atoms with Gasteiger partial charge < -0.3 is 20.5 Å². The number of carbonyl (C=O) groups is 3. The van der Waals surface area contributed by atoms with Crippen LogP contribution in [0.25, 0.3) is 11.1 Å². The zero-order chi connectivity index (χ0) is 24.8. The van der Waals surface area contributed by atoms with Crippen molar-refractivity contribution in [3.8, 4) is 11.1 Å². The maximum absolute atomic E-state index is 12.5. The normalized spacial score (nSPS) is 12.8. The molecule has 7 heteroatoms. The van der Waals surface area contributed by atoms with Crippen molar-refractivity contribution >= 4 is 18.0 Å². The Balaban J connectivity index is 1.33. The molecule has 1 aliphatic carbocycles. The zero-order valence-corrected chi connectivity index (χ0v) is 19.5. The standard InChI is InChI=1S/C28H28N2O5/c1-18(14-27(32)33)30-26(31)15-19-8-2-3-9-20(19)16-29-28(34)35-17-25-23-12-6-4-10-21(23)22-11-5-7-13-24(22)25/h2-13,18,25H,14-17H2,1H3,(H,29,34)(H,30,31)(H,32,33). The number of aliphatic carboxylic acids is 1. The van der Waals surface area contributed by atoms with Crippen molar-refractivity contribution in [1.29, 1.82) is 0 Å². The van der Waals surface area contributed by atoms with Gasteiger partial charge in [-0.3, -0.25) is 9.59 Å². The molecule has 4 rings (SSSR count). The lowest BCUT2D eigenvalue weighted by atomic mass is 9.98. The lowest BCUT2D eigenvalue weighted by molar-refractivity contribution is -0.137. The first-order chi connectivity index (χ1) is 16.9. The number of hydrogen-bond acceptors (Lipinski definition) is 4. The summed E-state index contributed by atoms with van der Waals surface area (Å²) in [6.07, 6.45) is -0.579. The van der Waals surface area contributed by atoms with Gasteiger partial charge in [-0.25, -0.2) is 4.79 Å². The van der Waals surface area contributed by atoms with E-state index in [1.807, 2.05) is 48.5 Å². The molecule has 0 aromatic heterocycles. The van der Waals surface area contributed by atoms with E-state index in [1.54, 1.807) is 6.92 Å².